The first-order valence-corrected chi connectivity index (χ1v) is 12.9. The van der Waals surface area contributed by atoms with Crippen LogP contribution in [0.4, 0.5) is 0 Å². The monoisotopic (exact) mass is 444 g/mol. The van der Waals surface area contributed by atoms with Crippen LogP contribution in [0.25, 0.3) is 0 Å². The Bertz CT molecular complexity index is 620. The second-order valence-corrected chi connectivity index (χ2v) is 11.4. The van der Waals surface area contributed by atoms with E-state index < -0.39 is 11.2 Å². The van der Waals surface area contributed by atoms with Crippen molar-refractivity contribution in [2.24, 2.45) is 11.8 Å². The molecule has 2 heteroatoms. The quantitative estimate of drug-likeness (QED) is 0.369. The summed E-state index contributed by atoms with van der Waals surface area (Å²) in [4.78, 5) is 0. The smallest absolute Gasteiger partial charge is 0.0653 e. The van der Waals surface area contributed by atoms with Gasteiger partial charge in [-0.05, 0) is 131 Å². The summed E-state index contributed by atoms with van der Waals surface area (Å²) in [5, 5.41) is 21.0. The van der Waals surface area contributed by atoms with Crippen molar-refractivity contribution in [1.29, 1.82) is 0 Å². The summed E-state index contributed by atoms with van der Waals surface area (Å²) in [5.74, 6) is 0.892. The molecule has 184 valence electrons. The van der Waals surface area contributed by atoms with E-state index in [0.29, 0.717) is 11.8 Å². The van der Waals surface area contributed by atoms with Gasteiger partial charge in [-0.25, -0.2) is 0 Å². The van der Waals surface area contributed by atoms with Crippen molar-refractivity contribution in [3.05, 3.63) is 46.6 Å². The van der Waals surface area contributed by atoms with Crippen LogP contribution in [0.5, 0.6) is 0 Å². The summed E-state index contributed by atoms with van der Waals surface area (Å²) < 4.78 is 0. The molecule has 0 radical (unpaired) electrons. The summed E-state index contributed by atoms with van der Waals surface area (Å²) in [6.07, 6.45) is 19.5. The Morgan fingerprint density at radius 1 is 0.781 bits per heavy atom. The summed E-state index contributed by atoms with van der Waals surface area (Å²) in [5.41, 5.74) is 4.66. The zero-order chi connectivity index (χ0) is 24.4. The fraction of sp³-hybridized carbons (Fsp3) is 0.733. The fourth-order valence-electron chi connectivity index (χ4n) is 4.77. The van der Waals surface area contributed by atoms with Crippen LogP contribution >= 0.6 is 0 Å². The molecule has 0 aliphatic heterocycles. The minimum atomic E-state index is -0.497. The summed E-state index contributed by atoms with van der Waals surface area (Å²) in [6, 6.07) is 0. The zero-order valence-electron chi connectivity index (χ0n) is 22.4. The van der Waals surface area contributed by atoms with Gasteiger partial charge in [-0.2, -0.15) is 0 Å². The van der Waals surface area contributed by atoms with Gasteiger partial charge in [-0.15, -0.1) is 0 Å². The molecule has 0 spiro atoms. The van der Waals surface area contributed by atoms with Crippen LogP contribution in [0.1, 0.15) is 120 Å². The Balaban J connectivity index is 0.000000320. The number of allylic oxidation sites excluding steroid dienone is 8. The molecule has 4 atom stereocenters. The van der Waals surface area contributed by atoms with E-state index in [2.05, 4.69) is 65.8 Å². The van der Waals surface area contributed by atoms with Crippen LogP contribution in [0, 0.1) is 11.8 Å². The molecule has 0 saturated carbocycles. The van der Waals surface area contributed by atoms with E-state index in [0.717, 1.165) is 64.2 Å². The third-order valence-electron chi connectivity index (χ3n) is 7.44. The second kappa shape index (κ2) is 13.6. The molecule has 0 aromatic carbocycles. The van der Waals surface area contributed by atoms with E-state index in [-0.39, 0.29) is 0 Å². The lowest BCUT2D eigenvalue weighted by atomic mass is 9.76. The Morgan fingerprint density at radius 3 is 1.38 bits per heavy atom. The van der Waals surface area contributed by atoms with Gasteiger partial charge in [0.2, 0.25) is 0 Å². The number of hydrogen-bond donors (Lipinski definition) is 2. The van der Waals surface area contributed by atoms with E-state index in [9.17, 15) is 10.2 Å². The largest absolute Gasteiger partial charge is 0.390 e. The first-order valence-electron chi connectivity index (χ1n) is 12.9. The highest BCUT2D eigenvalue weighted by Crippen LogP contribution is 2.35. The van der Waals surface area contributed by atoms with Crippen molar-refractivity contribution >= 4 is 0 Å². The Morgan fingerprint density at radius 2 is 1.12 bits per heavy atom. The summed E-state index contributed by atoms with van der Waals surface area (Å²) >= 11 is 0. The van der Waals surface area contributed by atoms with Crippen molar-refractivity contribution in [2.75, 3.05) is 0 Å². The highest BCUT2D eigenvalue weighted by atomic mass is 16.3. The van der Waals surface area contributed by atoms with Gasteiger partial charge >= 0.3 is 0 Å². The SMILES string of the molecule is CC(C)=CCC[C@@](C)(O)[C@H]1CC=C(C)CC1.CC(C)=CCC[C@@](C)(O)[C@H]1CC=C(C)CC1. The Hall–Kier alpha value is -1.12. The minimum absolute atomic E-state index is 0.446. The zero-order valence-corrected chi connectivity index (χ0v) is 22.4. The van der Waals surface area contributed by atoms with Gasteiger partial charge in [0.25, 0.3) is 0 Å². The van der Waals surface area contributed by atoms with Gasteiger partial charge in [0, 0.05) is 0 Å². The maximum atomic E-state index is 10.5. The minimum Gasteiger partial charge on any atom is -0.390 e. The second-order valence-electron chi connectivity index (χ2n) is 11.4. The lowest BCUT2D eigenvalue weighted by Gasteiger charge is -2.34. The highest BCUT2D eigenvalue weighted by molar-refractivity contribution is 5.07. The molecule has 32 heavy (non-hydrogen) atoms. The molecule has 2 aliphatic rings. The van der Waals surface area contributed by atoms with Crippen molar-refractivity contribution in [3.8, 4) is 0 Å². The Labute approximate surface area is 199 Å². The molecule has 2 nitrogen and oxygen atoms in total. The molecular formula is C30H52O2. The normalized spacial score (nSPS) is 24.6. The van der Waals surface area contributed by atoms with Gasteiger partial charge < -0.3 is 10.2 Å². The molecule has 0 bridgehead atoms. The molecule has 0 heterocycles. The fourth-order valence-corrected chi connectivity index (χ4v) is 4.77. The lowest BCUT2D eigenvalue weighted by molar-refractivity contribution is -0.0125. The first kappa shape index (κ1) is 28.9. The lowest BCUT2D eigenvalue weighted by Crippen LogP contribution is -2.35. The maximum absolute atomic E-state index is 10.5. The third-order valence-corrected chi connectivity index (χ3v) is 7.44. The number of aliphatic hydroxyl groups is 2. The van der Waals surface area contributed by atoms with Crippen molar-refractivity contribution in [3.63, 3.8) is 0 Å². The summed E-state index contributed by atoms with van der Waals surface area (Å²) in [7, 11) is 0. The highest BCUT2D eigenvalue weighted by Gasteiger charge is 2.32. The molecule has 0 aromatic rings. The molecule has 2 aliphatic carbocycles. The van der Waals surface area contributed by atoms with Gasteiger partial charge in [0.05, 0.1) is 11.2 Å². The molecule has 0 amide bonds. The molecule has 0 fully saturated rings. The van der Waals surface area contributed by atoms with Gasteiger partial charge in [-0.3, -0.25) is 0 Å². The van der Waals surface area contributed by atoms with Crippen molar-refractivity contribution in [1.82, 2.24) is 0 Å². The predicted molar refractivity (Wildman–Crippen MR) is 141 cm³/mol. The Kier molecular flexibility index (Phi) is 12.2. The van der Waals surface area contributed by atoms with Crippen LogP contribution in [0.2, 0.25) is 0 Å². The van der Waals surface area contributed by atoms with Crippen LogP contribution in [0.15, 0.2) is 46.6 Å². The molecular weight excluding hydrogens is 392 g/mol. The van der Waals surface area contributed by atoms with Gasteiger partial charge in [-0.1, -0.05) is 46.6 Å². The summed E-state index contributed by atoms with van der Waals surface area (Å²) in [6.45, 7) is 16.8. The van der Waals surface area contributed by atoms with E-state index in [1.54, 1.807) is 0 Å². The van der Waals surface area contributed by atoms with Crippen molar-refractivity contribution in [2.45, 2.75) is 131 Å². The van der Waals surface area contributed by atoms with E-state index in [1.807, 2.05) is 13.8 Å². The van der Waals surface area contributed by atoms with E-state index in [4.69, 9.17) is 0 Å². The topological polar surface area (TPSA) is 40.5 Å². The molecule has 2 rings (SSSR count). The average Bonchev–Trinajstić information content (AvgIpc) is 2.68. The third kappa shape index (κ3) is 11.1. The molecule has 2 N–H and O–H groups in total. The van der Waals surface area contributed by atoms with Crippen LogP contribution in [0.3, 0.4) is 0 Å². The van der Waals surface area contributed by atoms with Crippen LogP contribution < -0.4 is 0 Å². The number of hydrogen-bond acceptors (Lipinski definition) is 2. The predicted octanol–water partition coefficient (Wildman–Crippen LogP) is 8.46. The molecule has 0 aromatic heterocycles. The molecule has 0 saturated heterocycles. The van der Waals surface area contributed by atoms with E-state index >= 15 is 0 Å². The van der Waals surface area contributed by atoms with Gasteiger partial charge in [0.15, 0.2) is 0 Å². The standard InChI is InChI=1S/2C15H26O/c2*1-12(2)6-5-11-15(4,16)14-9-7-13(3)8-10-14/h2*6-7,14,16H,5,8-11H2,1-4H3/t2*14-,15+/m00/s1. The first-order chi connectivity index (χ1) is 14.8. The number of rotatable bonds is 8. The maximum Gasteiger partial charge on any atom is 0.0653 e. The average molecular weight is 445 g/mol. The van der Waals surface area contributed by atoms with E-state index in [1.165, 1.54) is 22.3 Å². The van der Waals surface area contributed by atoms with Crippen LogP contribution in [-0.4, -0.2) is 21.4 Å². The van der Waals surface area contributed by atoms with Gasteiger partial charge in [0.1, 0.15) is 0 Å². The van der Waals surface area contributed by atoms with Crippen molar-refractivity contribution < 1.29 is 10.2 Å². The molecule has 0 unspecified atom stereocenters. The van der Waals surface area contributed by atoms with Crippen LogP contribution in [-0.2, 0) is 0 Å².